The number of hydrogen-bond donors (Lipinski definition) is 0. The molecule has 0 saturated heterocycles. The first kappa shape index (κ1) is 13.1. The number of nitrogens with zero attached hydrogens (tertiary/aromatic N) is 1. The van der Waals surface area contributed by atoms with Crippen molar-refractivity contribution < 1.29 is 9.18 Å². The van der Waals surface area contributed by atoms with E-state index in [4.69, 9.17) is 0 Å². The predicted octanol–water partition coefficient (Wildman–Crippen LogP) is 3.41. The van der Waals surface area contributed by atoms with Gasteiger partial charge in [-0.05, 0) is 31.9 Å². The summed E-state index contributed by atoms with van der Waals surface area (Å²) in [7, 11) is 0. The van der Waals surface area contributed by atoms with E-state index in [9.17, 15) is 9.18 Å². The second kappa shape index (κ2) is 5.98. The Bertz CT molecular complexity index is 419. The Morgan fingerprint density at radius 3 is 2.78 bits per heavy atom. The molecule has 0 bridgehead atoms. The zero-order chi connectivity index (χ0) is 13.0. The van der Waals surface area contributed by atoms with E-state index in [2.05, 4.69) is 0 Å². The van der Waals surface area contributed by atoms with Crippen LogP contribution >= 0.6 is 0 Å². The van der Waals surface area contributed by atoms with E-state index in [1.165, 1.54) is 6.07 Å². The van der Waals surface area contributed by atoms with Crippen LogP contribution in [0.1, 0.15) is 32.6 Å². The van der Waals surface area contributed by atoms with Crippen molar-refractivity contribution in [3.63, 3.8) is 0 Å². The molecule has 1 aliphatic carbocycles. The van der Waals surface area contributed by atoms with Crippen molar-refractivity contribution in [2.24, 2.45) is 5.92 Å². The average Bonchev–Trinajstić information content (AvgIpc) is 2.39. The van der Waals surface area contributed by atoms with E-state index in [0.717, 1.165) is 25.8 Å². The van der Waals surface area contributed by atoms with Gasteiger partial charge in [0.15, 0.2) is 0 Å². The van der Waals surface area contributed by atoms with Crippen LogP contribution < -0.4 is 4.90 Å². The Balaban J connectivity index is 2.09. The molecular formula is C15H20FNO. The molecule has 0 aliphatic heterocycles. The maximum Gasteiger partial charge on any atom is 0.146 e. The van der Waals surface area contributed by atoms with E-state index in [-0.39, 0.29) is 11.7 Å². The van der Waals surface area contributed by atoms with Gasteiger partial charge in [0, 0.05) is 25.4 Å². The predicted molar refractivity (Wildman–Crippen MR) is 71.3 cm³/mol. The fourth-order valence-corrected chi connectivity index (χ4v) is 2.62. The van der Waals surface area contributed by atoms with Crippen molar-refractivity contribution in [2.45, 2.75) is 32.6 Å². The number of carbonyl (C=O) groups is 1. The van der Waals surface area contributed by atoms with Crippen LogP contribution in [0.2, 0.25) is 0 Å². The van der Waals surface area contributed by atoms with Crippen LogP contribution in [0.4, 0.5) is 10.1 Å². The van der Waals surface area contributed by atoms with Gasteiger partial charge in [-0.2, -0.15) is 0 Å². The fraction of sp³-hybridized carbons (Fsp3) is 0.533. The van der Waals surface area contributed by atoms with Crippen molar-refractivity contribution in [2.75, 3.05) is 18.0 Å². The first-order valence-electron chi connectivity index (χ1n) is 6.74. The highest BCUT2D eigenvalue weighted by Gasteiger charge is 2.24. The second-order valence-electron chi connectivity index (χ2n) is 4.90. The number of halogens is 1. The minimum absolute atomic E-state index is 0.0818. The molecule has 2 nitrogen and oxygen atoms in total. The highest BCUT2D eigenvalue weighted by molar-refractivity contribution is 5.82. The summed E-state index contributed by atoms with van der Waals surface area (Å²) in [5, 5.41) is 0. The molecular weight excluding hydrogens is 229 g/mol. The Labute approximate surface area is 108 Å². The minimum atomic E-state index is -0.206. The number of rotatable bonds is 4. The van der Waals surface area contributed by atoms with Gasteiger partial charge in [-0.3, -0.25) is 4.79 Å². The molecule has 0 N–H and O–H groups in total. The highest BCUT2D eigenvalue weighted by Crippen LogP contribution is 2.25. The summed E-state index contributed by atoms with van der Waals surface area (Å²) in [5.41, 5.74) is 0.610. The molecule has 1 aromatic rings. The van der Waals surface area contributed by atoms with Crippen LogP contribution in [0.3, 0.4) is 0 Å². The molecule has 0 spiro atoms. The number of Topliss-reactive ketones (excluding diaryl/α,β-unsaturated/α-hetero) is 1. The van der Waals surface area contributed by atoms with Gasteiger partial charge in [-0.25, -0.2) is 4.39 Å². The molecule has 0 aromatic heterocycles. The summed E-state index contributed by atoms with van der Waals surface area (Å²) < 4.78 is 13.8. The average molecular weight is 249 g/mol. The Morgan fingerprint density at radius 1 is 1.33 bits per heavy atom. The van der Waals surface area contributed by atoms with Crippen LogP contribution in [-0.4, -0.2) is 18.9 Å². The molecule has 18 heavy (non-hydrogen) atoms. The minimum Gasteiger partial charge on any atom is -0.369 e. The normalized spacial score (nSPS) is 19.9. The number of anilines is 1. The van der Waals surface area contributed by atoms with Crippen LogP contribution in [0.25, 0.3) is 0 Å². The molecule has 0 heterocycles. The number of carbonyl (C=O) groups excluding carboxylic acids is 1. The van der Waals surface area contributed by atoms with Crippen molar-refractivity contribution in [1.29, 1.82) is 0 Å². The summed E-state index contributed by atoms with van der Waals surface area (Å²) >= 11 is 0. The number of ketones is 1. The lowest BCUT2D eigenvalue weighted by Gasteiger charge is -2.29. The first-order valence-corrected chi connectivity index (χ1v) is 6.74. The van der Waals surface area contributed by atoms with E-state index in [1.807, 2.05) is 17.9 Å². The van der Waals surface area contributed by atoms with E-state index >= 15 is 0 Å². The molecule has 0 radical (unpaired) electrons. The molecule has 1 aromatic carbocycles. The fourth-order valence-electron chi connectivity index (χ4n) is 2.62. The van der Waals surface area contributed by atoms with Crippen LogP contribution in [0.5, 0.6) is 0 Å². The maximum absolute atomic E-state index is 13.8. The lowest BCUT2D eigenvalue weighted by atomic mass is 9.87. The third-order valence-electron chi connectivity index (χ3n) is 3.70. The molecule has 2 rings (SSSR count). The van der Waals surface area contributed by atoms with Crippen LogP contribution in [0, 0.1) is 11.7 Å². The number of para-hydroxylation sites is 1. The SMILES string of the molecule is CCN(CC1CCCCC1=O)c1ccccc1F. The molecule has 1 atom stereocenters. The Hall–Kier alpha value is -1.38. The number of benzene rings is 1. The molecule has 1 aliphatic rings. The van der Waals surface area contributed by atoms with Gasteiger partial charge >= 0.3 is 0 Å². The topological polar surface area (TPSA) is 20.3 Å². The lowest BCUT2D eigenvalue weighted by Crippen LogP contribution is -2.35. The maximum atomic E-state index is 13.8. The number of hydrogen-bond acceptors (Lipinski definition) is 2. The van der Waals surface area contributed by atoms with Crippen LogP contribution in [0.15, 0.2) is 24.3 Å². The molecule has 98 valence electrons. The third kappa shape index (κ3) is 2.89. The van der Waals surface area contributed by atoms with E-state index < -0.39 is 0 Å². The molecule has 3 heteroatoms. The van der Waals surface area contributed by atoms with Crippen molar-refractivity contribution in [3.8, 4) is 0 Å². The van der Waals surface area contributed by atoms with Crippen molar-refractivity contribution in [3.05, 3.63) is 30.1 Å². The third-order valence-corrected chi connectivity index (χ3v) is 3.70. The van der Waals surface area contributed by atoms with Gasteiger partial charge < -0.3 is 4.90 Å². The Morgan fingerprint density at radius 2 is 2.11 bits per heavy atom. The van der Waals surface area contributed by atoms with E-state index in [0.29, 0.717) is 24.4 Å². The van der Waals surface area contributed by atoms with Gasteiger partial charge in [0.1, 0.15) is 11.6 Å². The van der Waals surface area contributed by atoms with E-state index in [1.54, 1.807) is 12.1 Å². The zero-order valence-electron chi connectivity index (χ0n) is 10.9. The van der Waals surface area contributed by atoms with Gasteiger partial charge in [-0.15, -0.1) is 0 Å². The standard InChI is InChI=1S/C15H20FNO/c1-2-17(14-9-5-4-8-13(14)16)11-12-7-3-6-10-15(12)18/h4-5,8-9,12H,2-3,6-7,10-11H2,1H3. The van der Waals surface area contributed by atoms with Gasteiger partial charge in [0.2, 0.25) is 0 Å². The van der Waals surface area contributed by atoms with Gasteiger partial charge in [-0.1, -0.05) is 18.6 Å². The monoisotopic (exact) mass is 249 g/mol. The van der Waals surface area contributed by atoms with Crippen molar-refractivity contribution >= 4 is 11.5 Å². The summed E-state index contributed by atoms with van der Waals surface area (Å²) in [6, 6.07) is 6.79. The van der Waals surface area contributed by atoms with Crippen molar-refractivity contribution in [1.82, 2.24) is 0 Å². The summed E-state index contributed by atoms with van der Waals surface area (Å²) in [6.45, 7) is 3.38. The smallest absolute Gasteiger partial charge is 0.146 e. The largest absolute Gasteiger partial charge is 0.369 e. The lowest BCUT2D eigenvalue weighted by molar-refractivity contribution is -0.124. The summed E-state index contributed by atoms with van der Waals surface area (Å²) in [4.78, 5) is 13.8. The van der Waals surface area contributed by atoms with Gasteiger partial charge in [0.05, 0.1) is 5.69 Å². The molecule has 1 saturated carbocycles. The summed E-state index contributed by atoms with van der Waals surface area (Å²) in [6.07, 6.45) is 3.77. The quantitative estimate of drug-likeness (QED) is 0.815. The van der Waals surface area contributed by atoms with Crippen LogP contribution in [-0.2, 0) is 4.79 Å². The molecule has 0 amide bonds. The molecule has 1 fully saturated rings. The van der Waals surface area contributed by atoms with Gasteiger partial charge in [0.25, 0.3) is 0 Å². The molecule has 1 unspecified atom stereocenters. The second-order valence-corrected chi connectivity index (χ2v) is 4.90. The summed E-state index contributed by atoms with van der Waals surface area (Å²) in [5.74, 6) is 0.219. The first-order chi connectivity index (χ1) is 8.72. The highest BCUT2D eigenvalue weighted by atomic mass is 19.1. The zero-order valence-corrected chi connectivity index (χ0v) is 10.9. The Kier molecular flexibility index (Phi) is 4.34.